The fourth-order valence-corrected chi connectivity index (χ4v) is 12.5. The highest BCUT2D eigenvalue weighted by Crippen LogP contribution is 2.41. The molecule has 7 amide bonds. The van der Waals surface area contributed by atoms with Gasteiger partial charge in [-0.3, -0.25) is 34.2 Å². The van der Waals surface area contributed by atoms with Gasteiger partial charge in [0.15, 0.2) is 0 Å². The Labute approximate surface area is 407 Å². The summed E-state index contributed by atoms with van der Waals surface area (Å²) in [5, 5.41) is 10.8. The molecule has 11 rings (SSSR count). The number of carbonyl (C=O) groups is 6. The molecule has 2 unspecified atom stereocenters. The van der Waals surface area contributed by atoms with E-state index in [1.54, 1.807) is 6.07 Å². The number of amides is 7. The van der Waals surface area contributed by atoms with E-state index in [4.69, 9.17) is 15.6 Å². The van der Waals surface area contributed by atoms with Gasteiger partial charge in [-0.05, 0) is 156 Å². The molecule has 0 spiro atoms. The second-order valence-corrected chi connectivity index (χ2v) is 20.3. The van der Waals surface area contributed by atoms with Crippen LogP contribution in [0.1, 0.15) is 119 Å². The Morgan fingerprint density at radius 2 is 1.27 bits per heavy atom. The van der Waals surface area contributed by atoms with Crippen LogP contribution in [0.2, 0.25) is 0 Å². The summed E-state index contributed by atoms with van der Waals surface area (Å²) in [5.74, 6) is 0.417. The Kier molecular flexibility index (Phi) is 12.6. The normalized spacial score (nSPS) is 23.5. The summed E-state index contributed by atoms with van der Waals surface area (Å²) in [6, 6.07) is 23.0. The fraction of sp³-hybridized carbons (Fsp3) is 0.491. The third-order valence-corrected chi connectivity index (χ3v) is 16.4. The lowest BCUT2D eigenvalue weighted by molar-refractivity contribution is -0.136. The number of hydrogen-bond donors (Lipinski definition) is 3. The van der Waals surface area contributed by atoms with Gasteiger partial charge < -0.3 is 35.4 Å². The number of imide groups is 2. The van der Waals surface area contributed by atoms with Crippen LogP contribution in [0.25, 0.3) is 11.3 Å². The van der Waals surface area contributed by atoms with E-state index in [2.05, 4.69) is 30.2 Å². The van der Waals surface area contributed by atoms with Crippen molar-refractivity contribution in [1.82, 2.24) is 39.6 Å². The molecule has 7 aliphatic heterocycles. The van der Waals surface area contributed by atoms with E-state index in [1.807, 2.05) is 71.4 Å². The predicted molar refractivity (Wildman–Crippen MR) is 260 cm³/mol. The zero-order valence-electron chi connectivity index (χ0n) is 39.6. The lowest BCUT2D eigenvalue weighted by atomic mass is 9.85. The highest BCUT2D eigenvalue weighted by atomic mass is 16.5. The number of hydrogen-bond acceptors (Lipinski definition) is 11. The third-order valence-electron chi connectivity index (χ3n) is 16.4. The van der Waals surface area contributed by atoms with Crippen molar-refractivity contribution in [3.8, 4) is 22.8 Å². The summed E-state index contributed by atoms with van der Waals surface area (Å²) < 4.78 is 8.04. The number of fused-ring (bicyclic) bond motifs is 2. The first-order valence-electron chi connectivity index (χ1n) is 25.4. The SMILES string of the molecule is NC(=O)c1c(-c2ccc(Oc3ccccc3)cc2)nn2c1NCCC2C1CCN(C2CCN(C(=O)N3CCC(N4CCC(c5ccc6c(c5)C(=O)N(C5CCC(=O)NC5=O)C6=O)CC4)CC3)CC2)CC1. The molecule has 3 aromatic carbocycles. The number of likely N-dealkylation sites (tertiary alicyclic amines) is 4. The molecular weight excluding hydrogens is 889 g/mol. The standard InChI is InChI=1S/C53H62N10O7/c54-48(65)46-47(35-6-9-40(10-7-35)70-39-4-2-1-3-5-39)57-63-43(14-23-55-49(46)63)34-17-26-59(27-18-34)38-21-30-61(31-22-38)53(69)60-28-19-37(20-29-60)58-24-15-33(16-25-58)36-8-11-41-42(32-36)52(68)62(51(41)67)44-12-13-45(64)56-50(44)66/h1-11,32-34,37-38,43-44,55H,12-31H2,(H2,54,65)(H,56,64,66). The Morgan fingerprint density at radius 3 is 1.90 bits per heavy atom. The molecule has 17 heteroatoms. The lowest BCUT2D eigenvalue weighted by Gasteiger charge is -2.45. The Hall–Kier alpha value is -6.59. The first-order valence-corrected chi connectivity index (χ1v) is 25.4. The molecule has 4 N–H and O–H groups in total. The Morgan fingerprint density at radius 1 is 0.657 bits per heavy atom. The largest absolute Gasteiger partial charge is 0.457 e. The van der Waals surface area contributed by atoms with Crippen molar-refractivity contribution in [1.29, 1.82) is 0 Å². The van der Waals surface area contributed by atoms with E-state index < -0.39 is 29.7 Å². The van der Waals surface area contributed by atoms with Gasteiger partial charge in [0.05, 0.1) is 17.2 Å². The summed E-state index contributed by atoms with van der Waals surface area (Å²) in [6.45, 7) is 7.70. The van der Waals surface area contributed by atoms with Crippen LogP contribution < -0.4 is 21.1 Å². The second kappa shape index (κ2) is 19.3. The molecule has 0 aliphatic carbocycles. The van der Waals surface area contributed by atoms with Crippen molar-refractivity contribution < 1.29 is 33.5 Å². The van der Waals surface area contributed by atoms with E-state index in [0.29, 0.717) is 52.0 Å². The number of nitrogens with two attached hydrogens (primary N) is 1. The molecule has 17 nitrogen and oxygen atoms in total. The minimum Gasteiger partial charge on any atom is -0.457 e. The van der Waals surface area contributed by atoms with Crippen LogP contribution in [0.4, 0.5) is 10.6 Å². The number of aromatic nitrogens is 2. The van der Waals surface area contributed by atoms with Crippen LogP contribution in [0.3, 0.4) is 0 Å². The van der Waals surface area contributed by atoms with Crippen LogP contribution in [-0.2, 0) is 9.59 Å². The van der Waals surface area contributed by atoms with Gasteiger partial charge in [-0.2, -0.15) is 5.10 Å². The summed E-state index contributed by atoms with van der Waals surface area (Å²) in [7, 11) is 0. The quantitative estimate of drug-likeness (QED) is 0.171. The van der Waals surface area contributed by atoms with E-state index >= 15 is 0 Å². The first-order chi connectivity index (χ1) is 34.1. The minimum absolute atomic E-state index is 0.0934. The molecule has 2 atom stereocenters. The molecule has 1 aromatic heterocycles. The van der Waals surface area contributed by atoms with Crippen molar-refractivity contribution in [3.05, 3.63) is 95.1 Å². The van der Waals surface area contributed by atoms with Gasteiger partial charge in [0.1, 0.15) is 34.6 Å². The minimum atomic E-state index is -0.970. The van der Waals surface area contributed by atoms with Gasteiger partial charge in [-0.25, -0.2) is 9.48 Å². The van der Waals surface area contributed by atoms with Crippen LogP contribution >= 0.6 is 0 Å². The molecule has 5 fully saturated rings. The van der Waals surface area contributed by atoms with Gasteiger partial charge in [0, 0.05) is 56.8 Å². The van der Waals surface area contributed by atoms with Crippen LogP contribution in [0.15, 0.2) is 72.8 Å². The zero-order valence-corrected chi connectivity index (χ0v) is 39.6. The summed E-state index contributed by atoms with van der Waals surface area (Å²) in [5.41, 5.74) is 9.54. The lowest BCUT2D eigenvalue weighted by Crippen LogP contribution is -2.55. The molecule has 0 bridgehead atoms. The second-order valence-electron chi connectivity index (χ2n) is 20.3. The summed E-state index contributed by atoms with van der Waals surface area (Å²) >= 11 is 0. The molecule has 8 heterocycles. The van der Waals surface area contributed by atoms with E-state index in [9.17, 15) is 28.8 Å². The molecular formula is C53H62N10O7. The van der Waals surface area contributed by atoms with Crippen LogP contribution in [0, 0.1) is 5.92 Å². The van der Waals surface area contributed by atoms with Gasteiger partial charge in [-0.1, -0.05) is 24.3 Å². The number of rotatable bonds is 9. The van der Waals surface area contributed by atoms with Gasteiger partial charge in [0.2, 0.25) is 11.8 Å². The number of piperidine rings is 5. The van der Waals surface area contributed by atoms with Crippen LogP contribution in [-0.4, -0.2) is 147 Å². The molecule has 4 aromatic rings. The fourth-order valence-electron chi connectivity index (χ4n) is 12.5. The number of primary amides is 1. The van der Waals surface area contributed by atoms with Gasteiger partial charge in [-0.15, -0.1) is 0 Å². The van der Waals surface area contributed by atoms with Crippen LogP contribution in [0.5, 0.6) is 11.5 Å². The maximum atomic E-state index is 13.8. The number of nitrogens with one attached hydrogen (secondary N) is 2. The van der Waals surface area contributed by atoms with E-state index in [1.165, 1.54) is 0 Å². The van der Waals surface area contributed by atoms with Crippen molar-refractivity contribution >= 4 is 41.4 Å². The maximum absolute atomic E-state index is 13.8. The number of nitrogens with zero attached hydrogens (tertiary/aromatic N) is 7. The number of carbonyl (C=O) groups excluding carboxylic acids is 6. The number of para-hydroxylation sites is 1. The highest BCUT2D eigenvalue weighted by Gasteiger charge is 2.45. The zero-order chi connectivity index (χ0) is 48.0. The van der Waals surface area contributed by atoms with Crippen molar-refractivity contribution in [2.45, 2.75) is 101 Å². The van der Waals surface area contributed by atoms with Crippen molar-refractivity contribution in [3.63, 3.8) is 0 Å². The summed E-state index contributed by atoms with van der Waals surface area (Å²) in [4.78, 5) is 88.0. The number of ether oxygens (including phenoxy) is 1. The average Bonchev–Trinajstić information content (AvgIpc) is 3.91. The molecule has 366 valence electrons. The van der Waals surface area contributed by atoms with E-state index in [0.717, 1.165) is 138 Å². The maximum Gasteiger partial charge on any atom is 0.320 e. The molecule has 5 saturated heterocycles. The number of anilines is 1. The van der Waals surface area contributed by atoms with E-state index in [-0.39, 0.29) is 36.7 Å². The topological polar surface area (TPSA) is 196 Å². The third kappa shape index (κ3) is 8.82. The molecule has 7 aliphatic rings. The summed E-state index contributed by atoms with van der Waals surface area (Å²) in [6.07, 6.45) is 9.00. The smallest absolute Gasteiger partial charge is 0.320 e. The first kappa shape index (κ1) is 45.8. The van der Waals surface area contributed by atoms with Gasteiger partial charge in [0.25, 0.3) is 17.7 Å². The van der Waals surface area contributed by atoms with Gasteiger partial charge >= 0.3 is 6.03 Å². The highest BCUT2D eigenvalue weighted by molar-refractivity contribution is 6.23. The molecule has 70 heavy (non-hydrogen) atoms. The Bertz CT molecular complexity index is 2660. The predicted octanol–water partition coefficient (Wildman–Crippen LogP) is 5.84. The van der Waals surface area contributed by atoms with Crippen molar-refractivity contribution in [2.24, 2.45) is 11.7 Å². The van der Waals surface area contributed by atoms with Crippen molar-refractivity contribution in [2.75, 3.05) is 64.2 Å². The monoisotopic (exact) mass is 950 g/mol. The number of urea groups is 1. The Balaban J connectivity index is 0.627. The number of benzene rings is 3. The average molecular weight is 951 g/mol. The molecule has 0 saturated carbocycles. The molecule has 0 radical (unpaired) electrons.